The van der Waals surface area contributed by atoms with E-state index in [4.69, 9.17) is 0 Å². The molecule has 0 aliphatic carbocycles. The quantitative estimate of drug-likeness (QED) is 0.568. The van der Waals surface area contributed by atoms with Gasteiger partial charge in [-0.3, -0.25) is 4.79 Å². The van der Waals surface area contributed by atoms with E-state index < -0.39 is 0 Å². The SMILES string of the molecule is CCN1C(=O)CSCC1C. The molecule has 1 atom stereocenters. The third kappa shape index (κ3) is 1.45. The van der Waals surface area contributed by atoms with Crippen LogP contribution in [-0.2, 0) is 4.79 Å². The summed E-state index contributed by atoms with van der Waals surface area (Å²) in [5.74, 6) is 2.07. The number of thioether (sulfide) groups is 1. The van der Waals surface area contributed by atoms with E-state index in [-0.39, 0.29) is 0 Å². The summed E-state index contributed by atoms with van der Waals surface area (Å²) in [4.78, 5) is 13.1. The molecule has 0 aromatic rings. The first-order valence-electron chi connectivity index (χ1n) is 3.63. The summed E-state index contributed by atoms with van der Waals surface area (Å²) in [6.07, 6.45) is 0. The number of nitrogens with zero attached hydrogens (tertiary/aromatic N) is 1. The number of hydrogen-bond acceptors (Lipinski definition) is 2. The number of amides is 1. The summed E-state index contributed by atoms with van der Waals surface area (Å²) in [6, 6.07) is 0.441. The highest BCUT2D eigenvalue weighted by atomic mass is 32.2. The lowest BCUT2D eigenvalue weighted by atomic mass is 10.3. The smallest absolute Gasteiger partial charge is 0.232 e. The highest BCUT2D eigenvalue weighted by Gasteiger charge is 2.22. The Morgan fingerprint density at radius 3 is 2.90 bits per heavy atom. The van der Waals surface area contributed by atoms with Crippen molar-refractivity contribution in [1.29, 1.82) is 0 Å². The molecule has 2 nitrogen and oxygen atoms in total. The second-order valence-corrected chi connectivity index (χ2v) is 3.57. The zero-order valence-corrected chi connectivity index (χ0v) is 7.28. The lowest BCUT2D eigenvalue weighted by Gasteiger charge is -2.31. The molecule has 1 saturated heterocycles. The molecule has 1 rings (SSSR count). The predicted octanol–water partition coefficient (Wildman–Crippen LogP) is 0.970. The summed E-state index contributed by atoms with van der Waals surface area (Å²) in [5.41, 5.74) is 0. The second-order valence-electron chi connectivity index (χ2n) is 2.54. The van der Waals surface area contributed by atoms with E-state index in [0.29, 0.717) is 17.7 Å². The Bertz CT molecular complexity index is 138. The van der Waals surface area contributed by atoms with Gasteiger partial charge in [0.1, 0.15) is 0 Å². The van der Waals surface area contributed by atoms with Crippen molar-refractivity contribution < 1.29 is 4.79 Å². The Morgan fingerprint density at radius 2 is 2.50 bits per heavy atom. The highest BCUT2D eigenvalue weighted by Crippen LogP contribution is 2.16. The summed E-state index contributed by atoms with van der Waals surface area (Å²) in [7, 11) is 0. The van der Waals surface area contributed by atoms with Crippen molar-refractivity contribution in [2.24, 2.45) is 0 Å². The third-order valence-corrected chi connectivity index (χ3v) is 2.95. The van der Waals surface area contributed by atoms with Gasteiger partial charge >= 0.3 is 0 Å². The molecular weight excluding hydrogens is 146 g/mol. The standard InChI is InChI=1S/C7H13NOS/c1-3-8-6(2)4-10-5-7(8)9/h6H,3-5H2,1-2H3. The predicted molar refractivity (Wildman–Crippen MR) is 44.2 cm³/mol. The van der Waals surface area contributed by atoms with Gasteiger partial charge < -0.3 is 4.90 Å². The van der Waals surface area contributed by atoms with Gasteiger partial charge in [-0.2, -0.15) is 0 Å². The van der Waals surface area contributed by atoms with Crippen molar-refractivity contribution in [1.82, 2.24) is 4.90 Å². The van der Waals surface area contributed by atoms with E-state index in [9.17, 15) is 4.79 Å². The number of hydrogen-bond donors (Lipinski definition) is 0. The minimum absolute atomic E-state index is 0.297. The third-order valence-electron chi connectivity index (χ3n) is 1.78. The average Bonchev–Trinajstić information content (AvgIpc) is 1.88. The van der Waals surface area contributed by atoms with Crippen LogP contribution >= 0.6 is 11.8 Å². The lowest BCUT2D eigenvalue weighted by Crippen LogP contribution is -2.44. The first kappa shape index (κ1) is 7.92. The normalized spacial score (nSPS) is 27.2. The average molecular weight is 159 g/mol. The van der Waals surface area contributed by atoms with Crippen LogP contribution in [0.25, 0.3) is 0 Å². The molecule has 1 heterocycles. The maximum absolute atomic E-state index is 11.1. The van der Waals surface area contributed by atoms with Crippen LogP contribution in [0.5, 0.6) is 0 Å². The van der Waals surface area contributed by atoms with Gasteiger partial charge in [-0.15, -0.1) is 11.8 Å². The van der Waals surface area contributed by atoms with Crippen LogP contribution in [0, 0.1) is 0 Å². The molecule has 0 saturated carbocycles. The van der Waals surface area contributed by atoms with Gasteiger partial charge in [-0.1, -0.05) is 0 Å². The minimum atomic E-state index is 0.297. The molecule has 0 spiro atoms. The van der Waals surface area contributed by atoms with Crippen molar-refractivity contribution in [3.63, 3.8) is 0 Å². The summed E-state index contributed by atoms with van der Waals surface area (Å²) >= 11 is 1.74. The second kappa shape index (κ2) is 3.28. The number of carbonyl (C=O) groups excluding carboxylic acids is 1. The van der Waals surface area contributed by atoms with Crippen LogP contribution in [0.3, 0.4) is 0 Å². The van der Waals surface area contributed by atoms with Crippen molar-refractivity contribution in [3.05, 3.63) is 0 Å². The fourth-order valence-electron chi connectivity index (χ4n) is 1.22. The van der Waals surface area contributed by atoms with E-state index in [0.717, 1.165) is 12.3 Å². The molecule has 58 valence electrons. The topological polar surface area (TPSA) is 20.3 Å². The van der Waals surface area contributed by atoms with E-state index in [1.54, 1.807) is 11.8 Å². The van der Waals surface area contributed by atoms with Crippen molar-refractivity contribution in [2.45, 2.75) is 19.9 Å². The molecule has 1 aliphatic heterocycles. The van der Waals surface area contributed by atoms with Gasteiger partial charge in [0.15, 0.2) is 0 Å². The first-order chi connectivity index (χ1) is 4.75. The fourth-order valence-corrected chi connectivity index (χ4v) is 2.20. The molecule has 1 aliphatic rings. The van der Waals surface area contributed by atoms with E-state index >= 15 is 0 Å². The summed E-state index contributed by atoms with van der Waals surface area (Å²) in [5, 5.41) is 0. The molecule has 10 heavy (non-hydrogen) atoms. The first-order valence-corrected chi connectivity index (χ1v) is 4.78. The monoisotopic (exact) mass is 159 g/mol. The maximum atomic E-state index is 11.1. The van der Waals surface area contributed by atoms with E-state index in [1.807, 2.05) is 11.8 Å². The molecule has 3 heteroatoms. The molecule has 1 unspecified atom stereocenters. The molecule has 0 aromatic carbocycles. The van der Waals surface area contributed by atoms with Crippen molar-refractivity contribution >= 4 is 17.7 Å². The summed E-state index contributed by atoms with van der Waals surface area (Å²) in [6.45, 7) is 5.00. The largest absolute Gasteiger partial charge is 0.339 e. The molecule has 0 aromatic heterocycles. The molecule has 0 N–H and O–H groups in total. The number of rotatable bonds is 1. The molecule has 0 radical (unpaired) electrons. The van der Waals surface area contributed by atoms with Crippen LogP contribution in [0.4, 0.5) is 0 Å². The van der Waals surface area contributed by atoms with Crippen molar-refractivity contribution in [2.75, 3.05) is 18.1 Å². The molecule has 1 amide bonds. The highest BCUT2D eigenvalue weighted by molar-refractivity contribution is 8.00. The zero-order valence-electron chi connectivity index (χ0n) is 6.46. The van der Waals surface area contributed by atoms with Crippen LogP contribution in [0.1, 0.15) is 13.8 Å². The zero-order chi connectivity index (χ0) is 7.56. The molecule has 0 bridgehead atoms. The Hall–Kier alpha value is -0.180. The number of carbonyl (C=O) groups is 1. The van der Waals surface area contributed by atoms with Gasteiger partial charge in [0.05, 0.1) is 5.75 Å². The van der Waals surface area contributed by atoms with Crippen LogP contribution in [-0.4, -0.2) is 34.9 Å². The fraction of sp³-hybridized carbons (Fsp3) is 0.857. The lowest BCUT2D eigenvalue weighted by molar-refractivity contribution is -0.130. The van der Waals surface area contributed by atoms with Gasteiger partial charge in [-0.25, -0.2) is 0 Å². The van der Waals surface area contributed by atoms with Crippen LogP contribution in [0.15, 0.2) is 0 Å². The Kier molecular flexibility index (Phi) is 2.60. The molecular formula is C7H13NOS. The van der Waals surface area contributed by atoms with Gasteiger partial charge in [-0.05, 0) is 13.8 Å². The summed E-state index contributed by atoms with van der Waals surface area (Å²) < 4.78 is 0. The Labute approximate surface area is 66.0 Å². The maximum Gasteiger partial charge on any atom is 0.232 e. The Morgan fingerprint density at radius 1 is 1.80 bits per heavy atom. The minimum Gasteiger partial charge on any atom is -0.339 e. The van der Waals surface area contributed by atoms with E-state index in [2.05, 4.69) is 6.92 Å². The van der Waals surface area contributed by atoms with Crippen LogP contribution in [0.2, 0.25) is 0 Å². The van der Waals surface area contributed by atoms with E-state index in [1.165, 1.54) is 0 Å². The van der Waals surface area contributed by atoms with Crippen LogP contribution < -0.4 is 0 Å². The molecule has 1 fully saturated rings. The van der Waals surface area contributed by atoms with Gasteiger partial charge in [0, 0.05) is 18.3 Å². The Balaban J connectivity index is 2.53. The van der Waals surface area contributed by atoms with Gasteiger partial charge in [0.25, 0.3) is 0 Å². The van der Waals surface area contributed by atoms with Gasteiger partial charge in [0.2, 0.25) is 5.91 Å². The van der Waals surface area contributed by atoms with Crippen molar-refractivity contribution in [3.8, 4) is 0 Å².